The van der Waals surface area contributed by atoms with E-state index in [1.54, 1.807) is 30.3 Å². The molecule has 0 aliphatic rings. The molecule has 0 spiro atoms. The Morgan fingerprint density at radius 1 is 1.00 bits per heavy atom. The number of hydrogen-bond acceptors (Lipinski definition) is 2. The number of allylic oxidation sites excluding steroid dienone is 2. The van der Waals surface area contributed by atoms with Crippen LogP contribution in [0.5, 0.6) is 0 Å². The number of benzene rings is 3. The van der Waals surface area contributed by atoms with Crippen molar-refractivity contribution < 1.29 is 8.42 Å². The first-order chi connectivity index (χ1) is 14.4. The lowest BCUT2D eigenvalue weighted by Gasteiger charge is -2.14. The quantitative estimate of drug-likeness (QED) is 0.337. The maximum absolute atomic E-state index is 13.2. The van der Waals surface area contributed by atoms with Gasteiger partial charge in [-0.1, -0.05) is 67.6 Å². The molecule has 0 fully saturated rings. The van der Waals surface area contributed by atoms with Gasteiger partial charge in [0.1, 0.15) is 0 Å². The van der Waals surface area contributed by atoms with Gasteiger partial charge in [0, 0.05) is 5.69 Å². The van der Waals surface area contributed by atoms with Gasteiger partial charge < -0.3 is 0 Å². The van der Waals surface area contributed by atoms with Gasteiger partial charge in [-0.05, 0) is 71.9 Å². The summed E-state index contributed by atoms with van der Waals surface area (Å²) in [6.07, 6.45) is 5.37. The van der Waals surface area contributed by atoms with Crippen molar-refractivity contribution in [1.82, 2.24) is 0 Å². The summed E-state index contributed by atoms with van der Waals surface area (Å²) in [6, 6.07) is 22.7. The van der Waals surface area contributed by atoms with Crippen LogP contribution in [0.15, 0.2) is 90.3 Å². The van der Waals surface area contributed by atoms with Crippen molar-refractivity contribution in [1.29, 1.82) is 0 Å². The van der Waals surface area contributed by atoms with Gasteiger partial charge in [0.25, 0.3) is 10.0 Å². The summed E-state index contributed by atoms with van der Waals surface area (Å²) in [5, 5.41) is 0. The molecule has 154 valence electrons. The summed E-state index contributed by atoms with van der Waals surface area (Å²) >= 11 is 0. The van der Waals surface area contributed by atoms with E-state index in [-0.39, 0.29) is 4.90 Å². The molecule has 0 saturated carbocycles. The van der Waals surface area contributed by atoms with Crippen molar-refractivity contribution in [3.8, 4) is 0 Å². The average Bonchev–Trinajstić information content (AvgIpc) is 2.75. The fourth-order valence-corrected chi connectivity index (χ4v) is 4.78. The van der Waals surface area contributed by atoms with Crippen molar-refractivity contribution in [3.05, 3.63) is 108 Å². The zero-order valence-electron chi connectivity index (χ0n) is 17.4. The van der Waals surface area contributed by atoms with E-state index in [9.17, 15) is 8.42 Å². The van der Waals surface area contributed by atoms with Crippen LogP contribution in [0.1, 0.15) is 35.6 Å². The lowest BCUT2D eigenvalue weighted by Crippen LogP contribution is -2.14. The molecule has 0 aromatic heterocycles. The Kier molecular flexibility index (Phi) is 6.91. The third kappa shape index (κ3) is 5.08. The summed E-state index contributed by atoms with van der Waals surface area (Å²) in [7, 11) is -3.75. The number of hydrogen-bond donors (Lipinski definition) is 1. The molecule has 0 atom stereocenters. The van der Waals surface area contributed by atoms with Crippen molar-refractivity contribution in [3.63, 3.8) is 0 Å². The number of para-hydroxylation sites is 1. The minimum atomic E-state index is -3.75. The normalized spacial score (nSPS) is 11.9. The maximum atomic E-state index is 13.2. The highest BCUT2D eigenvalue weighted by Gasteiger charge is 2.19. The van der Waals surface area contributed by atoms with Crippen LogP contribution in [0.2, 0.25) is 0 Å². The second-order valence-corrected chi connectivity index (χ2v) is 8.84. The topological polar surface area (TPSA) is 46.2 Å². The lowest BCUT2D eigenvalue weighted by molar-refractivity contribution is 0.601. The van der Waals surface area contributed by atoms with E-state index in [1.165, 1.54) is 5.56 Å². The van der Waals surface area contributed by atoms with Gasteiger partial charge in [-0.15, -0.1) is 6.58 Å². The minimum Gasteiger partial charge on any atom is -0.280 e. The Balaban J connectivity index is 2.12. The fraction of sp³-hybridized carbons (Fsp3) is 0.154. The monoisotopic (exact) mass is 417 g/mol. The Labute approximate surface area is 179 Å². The highest BCUT2D eigenvalue weighted by Crippen LogP contribution is 2.29. The first-order valence-electron chi connectivity index (χ1n) is 10.0. The number of rotatable bonds is 8. The summed E-state index contributed by atoms with van der Waals surface area (Å²) in [5.41, 5.74) is 5.48. The number of nitrogens with one attached hydrogen (secondary N) is 1. The third-order valence-corrected chi connectivity index (χ3v) is 6.36. The SMILES string of the molecule is C=CCC(=Cc1ccc(C)cc1S(=O)(=O)Nc1ccccc1)c1ccccc1CC. The molecule has 3 aromatic carbocycles. The molecule has 3 aromatic rings. The van der Waals surface area contributed by atoms with E-state index < -0.39 is 10.0 Å². The summed E-state index contributed by atoms with van der Waals surface area (Å²) < 4.78 is 29.1. The smallest absolute Gasteiger partial charge is 0.262 e. The van der Waals surface area contributed by atoms with E-state index in [1.807, 2.05) is 49.4 Å². The Morgan fingerprint density at radius 3 is 2.40 bits per heavy atom. The van der Waals surface area contributed by atoms with Crippen LogP contribution < -0.4 is 4.72 Å². The molecule has 0 saturated heterocycles. The van der Waals surface area contributed by atoms with Crippen LogP contribution in [0, 0.1) is 6.92 Å². The molecule has 0 radical (unpaired) electrons. The molecule has 0 heterocycles. The second kappa shape index (κ2) is 9.59. The summed E-state index contributed by atoms with van der Waals surface area (Å²) in [6.45, 7) is 7.91. The molecule has 0 aliphatic carbocycles. The molecule has 30 heavy (non-hydrogen) atoms. The molecule has 0 amide bonds. The number of sulfonamides is 1. The summed E-state index contributed by atoms with van der Waals surface area (Å²) in [5.74, 6) is 0. The first-order valence-corrected chi connectivity index (χ1v) is 11.5. The third-order valence-electron chi connectivity index (χ3n) is 4.92. The Bertz CT molecular complexity index is 1160. The van der Waals surface area contributed by atoms with Gasteiger partial charge in [-0.25, -0.2) is 8.42 Å². The first kappa shape index (κ1) is 21.6. The predicted octanol–water partition coefficient (Wildman–Crippen LogP) is 6.47. The summed E-state index contributed by atoms with van der Waals surface area (Å²) in [4.78, 5) is 0.266. The molecule has 0 unspecified atom stereocenters. The highest BCUT2D eigenvalue weighted by atomic mass is 32.2. The molecule has 4 heteroatoms. The van der Waals surface area contributed by atoms with Crippen molar-refractivity contribution >= 4 is 27.4 Å². The molecular formula is C26H27NO2S. The number of anilines is 1. The lowest BCUT2D eigenvalue weighted by atomic mass is 9.94. The van der Waals surface area contributed by atoms with Gasteiger partial charge in [0.05, 0.1) is 4.90 Å². The van der Waals surface area contributed by atoms with Crippen LogP contribution in [-0.2, 0) is 16.4 Å². The van der Waals surface area contributed by atoms with Crippen molar-refractivity contribution in [2.75, 3.05) is 4.72 Å². The van der Waals surface area contributed by atoms with Crippen LogP contribution in [0.3, 0.4) is 0 Å². The molecule has 3 nitrogen and oxygen atoms in total. The second-order valence-electron chi connectivity index (χ2n) is 7.19. The maximum Gasteiger partial charge on any atom is 0.262 e. The van der Waals surface area contributed by atoms with Gasteiger partial charge >= 0.3 is 0 Å². The van der Waals surface area contributed by atoms with E-state index in [2.05, 4.69) is 30.4 Å². The van der Waals surface area contributed by atoms with Gasteiger partial charge in [0.2, 0.25) is 0 Å². The van der Waals surface area contributed by atoms with Crippen molar-refractivity contribution in [2.45, 2.75) is 31.6 Å². The zero-order valence-corrected chi connectivity index (χ0v) is 18.2. The molecule has 0 bridgehead atoms. The minimum absolute atomic E-state index is 0.266. The van der Waals surface area contributed by atoms with Crippen molar-refractivity contribution in [2.24, 2.45) is 0 Å². The van der Waals surface area contributed by atoms with E-state index in [0.29, 0.717) is 17.7 Å². The van der Waals surface area contributed by atoms with E-state index in [4.69, 9.17) is 0 Å². The fourth-order valence-electron chi connectivity index (χ4n) is 3.44. The van der Waals surface area contributed by atoms with Gasteiger partial charge in [0.15, 0.2) is 0 Å². The molecular weight excluding hydrogens is 390 g/mol. The molecule has 1 N–H and O–H groups in total. The molecule has 0 aliphatic heterocycles. The van der Waals surface area contributed by atoms with Gasteiger partial charge in [-0.2, -0.15) is 0 Å². The van der Waals surface area contributed by atoms with E-state index >= 15 is 0 Å². The highest BCUT2D eigenvalue weighted by molar-refractivity contribution is 7.92. The largest absolute Gasteiger partial charge is 0.280 e. The average molecular weight is 418 g/mol. The van der Waals surface area contributed by atoms with Crippen LogP contribution in [-0.4, -0.2) is 8.42 Å². The van der Waals surface area contributed by atoms with Gasteiger partial charge in [-0.3, -0.25) is 4.72 Å². The Hall–Kier alpha value is -3.11. The van der Waals surface area contributed by atoms with E-state index in [0.717, 1.165) is 23.1 Å². The number of aryl methyl sites for hydroxylation is 2. The zero-order chi connectivity index (χ0) is 21.6. The van der Waals surface area contributed by atoms with Crippen LogP contribution in [0.4, 0.5) is 5.69 Å². The Morgan fingerprint density at radius 2 is 1.70 bits per heavy atom. The predicted molar refractivity (Wildman–Crippen MR) is 127 cm³/mol. The van der Waals surface area contributed by atoms with Crippen LogP contribution >= 0.6 is 0 Å². The van der Waals surface area contributed by atoms with Crippen LogP contribution in [0.25, 0.3) is 11.6 Å². The standard InChI is InChI=1S/C26H27NO2S/c1-4-11-22(25-15-10-9-12-21(25)5-2)19-23-17-16-20(3)18-26(23)30(28,29)27-24-13-7-6-8-14-24/h4,6-10,12-19,27H,1,5,11H2,2-3H3. The molecule has 3 rings (SSSR count).